The lowest BCUT2D eigenvalue weighted by Gasteiger charge is -2.37. The van der Waals surface area contributed by atoms with E-state index in [4.69, 9.17) is 0 Å². The highest BCUT2D eigenvalue weighted by Crippen LogP contribution is 2.60. The number of likely N-dealkylation sites (tertiary alicyclic amines) is 1. The topological polar surface area (TPSA) is 3.24 Å². The Balaban J connectivity index is 2.23. The lowest BCUT2D eigenvalue weighted by molar-refractivity contribution is 0.135. The molecule has 0 radical (unpaired) electrons. The molecule has 1 aliphatic carbocycles. The zero-order valence-electron chi connectivity index (χ0n) is 12.9. The second kappa shape index (κ2) is 3.73. The van der Waals surface area contributed by atoms with E-state index in [0.29, 0.717) is 16.4 Å². The molecule has 2 rings (SSSR count). The second-order valence-corrected chi connectivity index (χ2v) is 8.83. The van der Waals surface area contributed by atoms with Gasteiger partial charge in [0.15, 0.2) is 0 Å². The van der Waals surface area contributed by atoms with Gasteiger partial charge >= 0.3 is 0 Å². The van der Waals surface area contributed by atoms with Gasteiger partial charge in [0.1, 0.15) is 0 Å². The third-order valence-electron chi connectivity index (χ3n) is 5.11. The molecule has 0 amide bonds. The number of rotatable bonds is 1. The maximum absolute atomic E-state index is 2.68. The van der Waals surface area contributed by atoms with Gasteiger partial charge in [-0.15, -0.1) is 0 Å². The fourth-order valence-electron chi connectivity index (χ4n) is 4.01. The van der Waals surface area contributed by atoms with Gasteiger partial charge in [0.2, 0.25) is 0 Å². The first-order valence-corrected chi connectivity index (χ1v) is 7.27. The molecule has 1 aliphatic heterocycles. The predicted molar refractivity (Wildman–Crippen MR) is 75.1 cm³/mol. The van der Waals surface area contributed by atoms with Gasteiger partial charge in [0, 0.05) is 12.1 Å². The van der Waals surface area contributed by atoms with E-state index in [1.54, 1.807) is 0 Å². The fourth-order valence-corrected chi connectivity index (χ4v) is 4.01. The minimum atomic E-state index is 0.455. The lowest BCUT2D eigenvalue weighted by atomic mass is 9.67. The molecule has 1 heterocycles. The van der Waals surface area contributed by atoms with E-state index >= 15 is 0 Å². The van der Waals surface area contributed by atoms with E-state index in [9.17, 15) is 0 Å². The average molecular weight is 237 g/mol. The molecular formula is C16H31N. The van der Waals surface area contributed by atoms with E-state index < -0.39 is 0 Å². The van der Waals surface area contributed by atoms with Gasteiger partial charge in [0.25, 0.3) is 0 Å². The summed E-state index contributed by atoms with van der Waals surface area (Å²) in [5.74, 6) is 1.78. The lowest BCUT2D eigenvalue weighted by Crippen LogP contribution is -2.35. The molecule has 1 saturated carbocycles. The Morgan fingerprint density at radius 3 is 1.94 bits per heavy atom. The summed E-state index contributed by atoms with van der Waals surface area (Å²) in [6.45, 7) is 15.8. The Morgan fingerprint density at radius 2 is 1.59 bits per heavy atom. The van der Waals surface area contributed by atoms with Crippen LogP contribution in [0.1, 0.15) is 60.8 Å². The van der Waals surface area contributed by atoms with Crippen molar-refractivity contribution in [2.75, 3.05) is 13.6 Å². The largest absolute Gasteiger partial charge is 0.300 e. The molecule has 0 aromatic rings. The predicted octanol–water partition coefficient (Wildman–Crippen LogP) is 4.18. The maximum Gasteiger partial charge on any atom is 0.0239 e. The van der Waals surface area contributed by atoms with Crippen LogP contribution in [-0.2, 0) is 0 Å². The van der Waals surface area contributed by atoms with Crippen LogP contribution >= 0.6 is 0 Å². The van der Waals surface area contributed by atoms with Crippen LogP contribution in [0.15, 0.2) is 0 Å². The van der Waals surface area contributed by atoms with Crippen molar-refractivity contribution in [2.45, 2.75) is 66.3 Å². The van der Waals surface area contributed by atoms with Crippen molar-refractivity contribution in [3.8, 4) is 0 Å². The van der Waals surface area contributed by atoms with E-state index in [-0.39, 0.29) is 0 Å². The van der Waals surface area contributed by atoms with Crippen molar-refractivity contribution < 1.29 is 0 Å². The van der Waals surface area contributed by atoms with Gasteiger partial charge in [-0.1, -0.05) is 41.5 Å². The quantitative estimate of drug-likeness (QED) is 0.661. The maximum atomic E-state index is 2.68. The Kier molecular flexibility index (Phi) is 2.94. The van der Waals surface area contributed by atoms with Gasteiger partial charge in [-0.05, 0) is 49.0 Å². The zero-order valence-corrected chi connectivity index (χ0v) is 12.9. The van der Waals surface area contributed by atoms with Crippen LogP contribution in [0.4, 0.5) is 0 Å². The van der Waals surface area contributed by atoms with Gasteiger partial charge in [-0.2, -0.15) is 0 Å². The van der Waals surface area contributed by atoms with Crippen molar-refractivity contribution in [1.82, 2.24) is 4.90 Å². The first-order valence-electron chi connectivity index (χ1n) is 7.27. The summed E-state index contributed by atoms with van der Waals surface area (Å²) in [5, 5.41) is 0. The SMILES string of the molecule is CN1CC(C(C)(C)C)C(CC(C)(C)C)C12CC2. The van der Waals surface area contributed by atoms with Crippen LogP contribution in [0.2, 0.25) is 0 Å². The van der Waals surface area contributed by atoms with Gasteiger partial charge in [0.05, 0.1) is 0 Å². The third-order valence-corrected chi connectivity index (χ3v) is 5.11. The first kappa shape index (κ1) is 13.4. The molecule has 2 atom stereocenters. The van der Waals surface area contributed by atoms with E-state index in [0.717, 1.165) is 11.8 Å². The summed E-state index contributed by atoms with van der Waals surface area (Å²) in [6.07, 6.45) is 4.27. The van der Waals surface area contributed by atoms with E-state index in [2.05, 4.69) is 53.5 Å². The molecule has 0 aromatic heterocycles. The Labute approximate surface area is 108 Å². The Morgan fingerprint density at radius 1 is 1.06 bits per heavy atom. The summed E-state index contributed by atoms with van der Waals surface area (Å²) < 4.78 is 0. The number of hydrogen-bond donors (Lipinski definition) is 0. The molecule has 2 fully saturated rings. The van der Waals surface area contributed by atoms with Crippen LogP contribution in [-0.4, -0.2) is 24.0 Å². The Hall–Kier alpha value is -0.0400. The summed E-state index contributed by atoms with van der Waals surface area (Å²) in [6, 6.07) is 0. The normalized spacial score (nSPS) is 33.4. The molecule has 0 aromatic carbocycles. The van der Waals surface area contributed by atoms with Crippen molar-refractivity contribution in [2.24, 2.45) is 22.7 Å². The standard InChI is InChI=1S/C16H31N/c1-14(2,3)10-12-13(15(4,5)6)11-17(7)16(12)8-9-16/h12-13H,8-11H2,1-7H3. The van der Waals surface area contributed by atoms with Gasteiger partial charge in [-0.3, -0.25) is 0 Å². The highest BCUT2D eigenvalue weighted by molar-refractivity contribution is 5.15. The number of hydrogen-bond acceptors (Lipinski definition) is 1. The van der Waals surface area contributed by atoms with Gasteiger partial charge < -0.3 is 4.90 Å². The molecule has 1 spiro atoms. The summed E-state index contributed by atoms with van der Waals surface area (Å²) in [5.41, 5.74) is 1.51. The van der Waals surface area contributed by atoms with Crippen molar-refractivity contribution in [3.05, 3.63) is 0 Å². The summed E-state index contributed by atoms with van der Waals surface area (Å²) >= 11 is 0. The van der Waals surface area contributed by atoms with Crippen LogP contribution in [0.5, 0.6) is 0 Å². The average Bonchev–Trinajstić information content (AvgIpc) is 2.82. The van der Waals surface area contributed by atoms with E-state index in [1.165, 1.54) is 25.8 Å². The van der Waals surface area contributed by atoms with Crippen LogP contribution < -0.4 is 0 Å². The van der Waals surface area contributed by atoms with Crippen LogP contribution in [0, 0.1) is 22.7 Å². The smallest absolute Gasteiger partial charge is 0.0239 e. The van der Waals surface area contributed by atoms with Crippen LogP contribution in [0.25, 0.3) is 0 Å². The number of nitrogens with zero attached hydrogens (tertiary/aromatic N) is 1. The highest BCUT2D eigenvalue weighted by Gasteiger charge is 2.61. The van der Waals surface area contributed by atoms with Gasteiger partial charge in [-0.25, -0.2) is 0 Å². The molecule has 0 N–H and O–H groups in total. The van der Waals surface area contributed by atoms with Crippen molar-refractivity contribution >= 4 is 0 Å². The molecule has 2 aliphatic rings. The minimum Gasteiger partial charge on any atom is -0.300 e. The van der Waals surface area contributed by atoms with Crippen molar-refractivity contribution in [3.63, 3.8) is 0 Å². The highest BCUT2D eigenvalue weighted by atomic mass is 15.2. The summed E-state index contributed by atoms with van der Waals surface area (Å²) in [7, 11) is 2.36. The molecule has 1 nitrogen and oxygen atoms in total. The molecule has 1 heteroatoms. The monoisotopic (exact) mass is 237 g/mol. The third kappa shape index (κ3) is 2.41. The second-order valence-electron chi connectivity index (χ2n) is 8.83. The molecule has 1 saturated heterocycles. The molecule has 100 valence electrons. The minimum absolute atomic E-state index is 0.455. The fraction of sp³-hybridized carbons (Fsp3) is 1.00. The Bertz CT molecular complexity index is 288. The van der Waals surface area contributed by atoms with Crippen LogP contribution in [0.3, 0.4) is 0 Å². The van der Waals surface area contributed by atoms with E-state index in [1.807, 2.05) is 0 Å². The molecule has 0 bridgehead atoms. The van der Waals surface area contributed by atoms with Crippen molar-refractivity contribution in [1.29, 1.82) is 0 Å². The molecular weight excluding hydrogens is 206 g/mol. The molecule has 17 heavy (non-hydrogen) atoms. The first-order chi connectivity index (χ1) is 7.56. The summed E-state index contributed by atoms with van der Waals surface area (Å²) in [4.78, 5) is 2.68. The zero-order chi connectivity index (χ0) is 13.1. The molecule has 2 unspecified atom stereocenters.